The van der Waals surface area contributed by atoms with Gasteiger partial charge >= 0.3 is 0 Å². The van der Waals surface area contributed by atoms with Crippen LogP contribution < -0.4 is 5.32 Å². The van der Waals surface area contributed by atoms with Crippen LogP contribution >= 0.6 is 15.9 Å². The Bertz CT molecular complexity index is 1190. The van der Waals surface area contributed by atoms with Gasteiger partial charge in [0.25, 0.3) is 0 Å². The number of halogens is 1. The lowest BCUT2D eigenvalue weighted by atomic mass is 10.1. The van der Waals surface area contributed by atoms with E-state index in [2.05, 4.69) is 21.2 Å². The molecule has 0 atom stereocenters. The number of hydrogen-bond donors (Lipinski definition) is 1. The Morgan fingerprint density at radius 1 is 1.13 bits per heavy atom. The molecule has 7 heteroatoms. The Morgan fingerprint density at radius 3 is 2.52 bits per heavy atom. The molecule has 1 aliphatic rings. The van der Waals surface area contributed by atoms with E-state index in [0.29, 0.717) is 29.8 Å². The van der Waals surface area contributed by atoms with Crippen LogP contribution in [-0.2, 0) is 16.1 Å². The third-order valence-corrected chi connectivity index (χ3v) is 5.73. The highest BCUT2D eigenvalue weighted by Gasteiger charge is 2.32. The van der Waals surface area contributed by atoms with Crippen molar-refractivity contribution in [2.24, 2.45) is 0 Å². The van der Waals surface area contributed by atoms with E-state index in [4.69, 9.17) is 4.74 Å². The zero-order valence-electron chi connectivity index (χ0n) is 17.0. The number of methoxy groups -OCH3 is 1. The van der Waals surface area contributed by atoms with E-state index in [1.807, 2.05) is 29.0 Å². The molecule has 1 aromatic heterocycles. The molecule has 1 N–H and O–H groups in total. The summed E-state index contributed by atoms with van der Waals surface area (Å²) in [6, 6.07) is 12.6. The number of amides is 1. The number of fused-ring (bicyclic) bond motifs is 2. The number of rotatable bonds is 7. The second-order valence-electron chi connectivity index (χ2n) is 7.33. The summed E-state index contributed by atoms with van der Waals surface area (Å²) in [7, 11) is 1.63. The summed E-state index contributed by atoms with van der Waals surface area (Å²) in [4.78, 5) is 38.0. The van der Waals surface area contributed by atoms with E-state index >= 15 is 0 Å². The second-order valence-corrected chi connectivity index (χ2v) is 8.25. The first-order chi connectivity index (χ1) is 15.0. The summed E-state index contributed by atoms with van der Waals surface area (Å²) < 4.78 is 7.70. The summed E-state index contributed by atoms with van der Waals surface area (Å²) in [6.45, 7) is 1.26. The van der Waals surface area contributed by atoms with Crippen molar-refractivity contribution in [3.8, 4) is 0 Å². The number of nitrogens with one attached hydrogen (secondary N) is 1. The molecule has 0 fully saturated rings. The van der Waals surface area contributed by atoms with Crippen LogP contribution in [0.4, 0.5) is 0 Å². The van der Waals surface area contributed by atoms with Crippen LogP contribution in [0.15, 0.2) is 58.7 Å². The van der Waals surface area contributed by atoms with Crippen molar-refractivity contribution in [3.63, 3.8) is 0 Å². The molecule has 1 heterocycles. The van der Waals surface area contributed by atoms with E-state index in [1.165, 1.54) is 0 Å². The van der Waals surface area contributed by atoms with Crippen LogP contribution in [0.2, 0.25) is 0 Å². The average molecular weight is 481 g/mol. The Morgan fingerprint density at radius 2 is 1.84 bits per heavy atom. The fraction of sp³-hybridized carbons (Fsp3) is 0.208. The SMILES string of the molecule is COCCCNC(=O)Cn1cc(C=C2C(=O)c3ccccc3C2=O)c2cc(Br)ccc21. The maximum Gasteiger partial charge on any atom is 0.239 e. The topological polar surface area (TPSA) is 77.4 Å². The lowest BCUT2D eigenvalue weighted by Gasteiger charge is -2.07. The van der Waals surface area contributed by atoms with Crippen molar-refractivity contribution in [1.82, 2.24) is 9.88 Å². The summed E-state index contributed by atoms with van der Waals surface area (Å²) in [5.74, 6) is -0.657. The molecule has 0 radical (unpaired) electrons. The highest BCUT2D eigenvalue weighted by Crippen LogP contribution is 2.31. The first-order valence-corrected chi connectivity index (χ1v) is 10.7. The fourth-order valence-corrected chi connectivity index (χ4v) is 4.12. The zero-order chi connectivity index (χ0) is 22.0. The van der Waals surface area contributed by atoms with Gasteiger partial charge in [-0.2, -0.15) is 0 Å². The van der Waals surface area contributed by atoms with Crippen LogP contribution in [0.3, 0.4) is 0 Å². The molecule has 0 spiro atoms. The van der Waals surface area contributed by atoms with Gasteiger partial charge in [0.2, 0.25) is 5.91 Å². The molecule has 1 amide bonds. The van der Waals surface area contributed by atoms with Crippen LogP contribution in [0, 0.1) is 0 Å². The predicted molar refractivity (Wildman–Crippen MR) is 122 cm³/mol. The van der Waals surface area contributed by atoms with Crippen molar-refractivity contribution in [1.29, 1.82) is 0 Å². The van der Waals surface area contributed by atoms with E-state index in [0.717, 1.165) is 21.8 Å². The first-order valence-electron chi connectivity index (χ1n) is 9.93. The molecule has 0 aliphatic heterocycles. The van der Waals surface area contributed by atoms with Crippen molar-refractivity contribution >= 4 is 50.4 Å². The van der Waals surface area contributed by atoms with Crippen LogP contribution in [0.25, 0.3) is 17.0 Å². The fourth-order valence-electron chi connectivity index (χ4n) is 3.76. The molecule has 2 aromatic carbocycles. The average Bonchev–Trinajstić information content (AvgIpc) is 3.21. The molecular weight excluding hydrogens is 460 g/mol. The monoisotopic (exact) mass is 480 g/mol. The lowest BCUT2D eigenvalue weighted by molar-refractivity contribution is -0.121. The van der Waals surface area contributed by atoms with Gasteiger partial charge in [-0.3, -0.25) is 14.4 Å². The highest BCUT2D eigenvalue weighted by atomic mass is 79.9. The number of benzene rings is 2. The number of Topliss-reactive ketones (excluding diaryl/α,β-unsaturated/α-hetero) is 2. The maximum absolute atomic E-state index is 12.8. The molecular formula is C24H21BrN2O4. The predicted octanol–water partition coefficient (Wildman–Crippen LogP) is 4.02. The molecule has 0 saturated heterocycles. The highest BCUT2D eigenvalue weighted by molar-refractivity contribution is 9.10. The van der Waals surface area contributed by atoms with E-state index in [-0.39, 0.29) is 29.6 Å². The number of ketones is 2. The van der Waals surface area contributed by atoms with Gasteiger partial charge < -0.3 is 14.6 Å². The molecule has 3 aromatic rings. The van der Waals surface area contributed by atoms with Crippen LogP contribution in [0.5, 0.6) is 0 Å². The third-order valence-electron chi connectivity index (χ3n) is 5.24. The Hall–Kier alpha value is -3.03. The molecule has 1 aliphatic carbocycles. The first kappa shape index (κ1) is 21.2. The van der Waals surface area contributed by atoms with Gasteiger partial charge in [0.05, 0.1) is 5.57 Å². The number of allylic oxidation sites excluding steroid dienone is 1. The molecule has 0 bridgehead atoms. The van der Waals surface area contributed by atoms with Crippen LogP contribution in [0.1, 0.15) is 32.7 Å². The zero-order valence-corrected chi connectivity index (χ0v) is 18.6. The van der Waals surface area contributed by atoms with Crippen molar-refractivity contribution < 1.29 is 19.1 Å². The van der Waals surface area contributed by atoms with Crippen molar-refractivity contribution in [2.45, 2.75) is 13.0 Å². The summed E-state index contributed by atoms with van der Waals surface area (Å²) in [6.07, 6.45) is 4.18. The Kier molecular flexibility index (Phi) is 6.15. The van der Waals surface area contributed by atoms with Gasteiger partial charge in [0, 0.05) is 58.5 Å². The van der Waals surface area contributed by atoms with E-state index in [1.54, 1.807) is 37.5 Å². The normalized spacial score (nSPS) is 13.0. The number of nitrogens with zero attached hydrogens (tertiary/aromatic N) is 1. The number of ether oxygens (including phenoxy) is 1. The largest absolute Gasteiger partial charge is 0.385 e. The summed E-state index contributed by atoms with van der Waals surface area (Å²) in [5.41, 5.74) is 2.56. The second kappa shape index (κ2) is 8.99. The van der Waals surface area contributed by atoms with Gasteiger partial charge in [-0.15, -0.1) is 0 Å². The molecule has 0 saturated carbocycles. The minimum Gasteiger partial charge on any atom is -0.385 e. The molecule has 6 nitrogen and oxygen atoms in total. The number of carbonyl (C=O) groups excluding carboxylic acids is 3. The van der Waals surface area contributed by atoms with Gasteiger partial charge in [0.1, 0.15) is 6.54 Å². The van der Waals surface area contributed by atoms with Gasteiger partial charge in [-0.1, -0.05) is 40.2 Å². The summed E-state index contributed by atoms with van der Waals surface area (Å²) in [5, 5.41) is 3.73. The number of aromatic nitrogens is 1. The smallest absolute Gasteiger partial charge is 0.239 e. The quantitative estimate of drug-likeness (QED) is 0.314. The standard InChI is InChI=1S/C24H21BrN2O4/c1-31-10-4-9-26-22(28)14-27-13-15(19-12-16(25)7-8-21(19)27)11-20-23(29)17-5-2-3-6-18(17)24(20)30/h2-3,5-8,11-13H,4,9-10,14H2,1H3,(H,26,28). The molecule has 4 rings (SSSR count). The third kappa shape index (κ3) is 4.24. The molecule has 31 heavy (non-hydrogen) atoms. The minimum atomic E-state index is -0.271. The lowest BCUT2D eigenvalue weighted by Crippen LogP contribution is -2.28. The summed E-state index contributed by atoms with van der Waals surface area (Å²) >= 11 is 3.48. The van der Waals surface area contributed by atoms with E-state index < -0.39 is 0 Å². The van der Waals surface area contributed by atoms with Gasteiger partial charge in [-0.25, -0.2) is 0 Å². The molecule has 158 valence electrons. The number of carbonyl (C=O) groups is 3. The molecule has 0 unspecified atom stereocenters. The minimum absolute atomic E-state index is 0.115. The van der Waals surface area contributed by atoms with Crippen molar-refractivity contribution in [3.05, 3.63) is 75.4 Å². The Balaban J connectivity index is 1.67. The number of hydrogen-bond acceptors (Lipinski definition) is 4. The maximum atomic E-state index is 12.8. The van der Waals surface area contributed by atoms with Gasteiger partial charge in [0.15, 0.2) is 11.6 Å². The Labute approximate surface area is 188 Å². The van der Waals surface area contributed by atoms with E-state index in [9.17, 15) is 14.4 Å². The van der Waals surface area contributed by atoms with Crippen molar-refractivity contribution in [2.75, 3.05) is 20.3 Å². The van der Waals surface area contributed by atoms with Crippen LogP contribution in [-0.4, -0.2) is 42.3 Å². The van der Waals surface area contributed by atoms with Gasteiger partial charge in [-0.05, 0) is 30.7 Å².